The van der Waals surface area contributed by atoms with Gasteiger partial charge in [0.25, 0.3) is 5.91 Å². The lowest BCUT2D eigenvalue weighted by atomic mass is 10.2. The molecule has 1 heterocycles. The predicted molar refractivity (Wildman–Crippen MR) is 139 cm³/mol. The molecule has 0 atom stereocenters. The number of methoxy groups -OCH3 is 1. The minimum atomic E-state index is -0.263. The third kappa shape index (κ3) is 8.27. The van der Waals surface area contributed by atoms with Crippen molar-refractivity contribution in [2.45, 2.75) is 26.7 Å². The number of nitrogens with zero attached hydrogens (tertiary/aromatic N) is 2. The van der Waals surface area contributed by atoms with E-state index < -0.39 is 0 Å². The van der Waals surface area contributed by atoms with Gasteiger partial charge in [-0.15, -0.1) is 0 Å². The van der Waals surface area contributed by atoms with Crippen LogP contribution in [0.2, 0.25) is 0 Å². The summed E-state index contributed by atoms with van der Waals surface area (Å²) in [6, 6.07) is 14.0. The number of benzene rings is 2. The predicted octanol–water partition coefficient (Wildman–Crippen LogP) is 4.08. The first-order chi connectivity index (χ1) is 17.4. The highest BCUT2D eigenvalue weighted by Crippen LogP contribution is 2.24. The molecule has 9 heteroatoms. The molecule has 1 fully saturated rings. The summed E-state index contributed by atoms with van der Waals surface area (Å²) in [7, 11) is 1.55. The van der Waals surface area contributed by atoms with E-state index in [0.29, 0.717) is 67.8 Å². The number of hydrogen-bond donors (Lipinski definition) is 2. The van der Waals surface area contributed by atoms with Gasteiger partial charge < -0.3 is 29.9 Å². The van der Waals surface area contributed by atoms with Crippen molar-refractivity contribution in [1.29, 1.82) is 0 Å². The number of ether oxygens (including phenoxy) is 2. The quantitative estimate of drug-likeness (QED) is 0.543. The Kier molecular flexibility index (Phi) is 10.1. The summed E-state index contributed by atoms with van der Waals surface area (Å²) in [4.78, 5) is 41.2. The molecule has 0 unspecified atom stereocenters. The van der Waals surface area contributed by atoms with Gasteiger partial charge in [0.15, 0.2) is 0 Å². The fraction of sp³-hybridized carbons (Fsp3) is 0.444. The van der Waals surface area contributed by atoms with E-state index in [-0.39, 0.29) is 17.9 Å². The molecule has 9 nitrogen and oxygen atoms in total. The van der Waals surface area contributed by atoms with Gasteiger partial charge in [0.1, 0.15) is 5.75 Å². The summed E-state index contributed by atoms with van der Waals surface area (Å²) in [6.45, 7) is 7.85. The largest absolute Gasteiger partial charge is 0.495 e. The number of para-hydroxylation sites is 2. The van der Waals surface area contributed by atoms with Crippen LogP contribution in [0.25, 0.3) is 0 Å². The molecule has 0 aliphatic carbocycles. The first-order valence-corrected chi connectivity index (χ1v) is 12.3. The van der Waals surface area contributed by atoms with Gasteiger partial charge in [-0.1, -0.05) is 26.0 Å². The second kappa shape index (κ2) is 13.5. The zero-order chi connectivity index (χ0) is 25.9. The van der Waals surface area contributed by atoms with Crippen LogP contribution in [0.15, 0.2) is 48.5 Å². The average molecular weight is 497 g/mol. The van der Waals surface area contributed by atoms with E-state index in [2.05, 4.69) is 15.5 Å². The maximum absolute atomic E-state index is 12.6. The summed E-state index contributed by atoms with van der Waals surface area (Å²) in [6.07, 6.45) is 0.924. The SMILES string of the molecule is COc1ccccc1NC(=O)c1ccc(NC(=O)CCN2CCCN(C(=O)OCC(C)C)CC2)cc1. The number of nitrogens with one attached hydrogen (secondary N) is 2. The van der Waals surface area contributed by atoms with E-state index in [0.717, 1.165) is 13.0 Å². The fourth-order valence-electron chi connectivity index (χ4n) is 3.84. The lowest BCUT2D eigenvalue weighted by Crippen LogP contribution is -2.36. The minimum absolute atomic E-state index is 0.0985. The molecule has 3 rings (SSSR count). The van der Waals surface area contributed by atoms with Gasteiger partial charge in [0.2, 0.25) is 5.91 Å². The van der Waals surface area contributed by atoms with Crippen LogP contribution in [0, 0.1) is 5.92 Å². The Morgan fingerprint density at radius 1 is 0.944 bits per heavy atom. The van der Waals surface area contributed by atoms with Gasteiger partial charge in [-0.2, -0.15) is 0 Å². The van der Waals surface area contributed by atoms with Gasteiger partial charge in [-0.3, -0.25) is 9.59 Å². The van der Waals surface area contributed by atoms with Crippen molar-refractivity contribution >= 4 is 29.3 Å². The van der Waals surface area contributed by atoms with Gasteiger partial charge >= 0.3 is 6.09 Å². The summed E-state index contributed by atoms with van der Waals surface area (Å²) in [5.74, 6) is 0.528. The molecule has 3 amide bonds. The Morgan fingerprint density at radius 2 is 1.69 bits per heavy atom. The number of anilines is 2. The maximum atomic E-state index is 12.6. The summed E-state index contributed by atoms with van der Waals surface area (Å²) in [5, 5.41) is 5.72. The van der Waals surface area contributed by atoms with E-state index in [1.807, 2.05) is 26.0 Å². The molecule has 0 saturated carbocycles. The number of hydrogen-bond acceptors (Lipinski definition) is 6. The van der Waals surface area contributed by atoms with Crippen molar-refractivity contribution in [3.05, 3.63) is 54.1 Å². The van der Waals surface area contributed by atoms with E-state index >= 15 is 0 Å². The molecule has 1 aliphatic heterocycles. The molecule has 36 heavy (non-hydrogen) atoms. The van der Waals surface area contributed by atoms with Crippen molar-refractivity contribution in [3.8, 4) is 5.75 Å². The first-order valence-electron chi connectivity index (χ1n) is 12.3. The van der Waals surface area contributed by atoms with Crippen LogP contribution >= 0.6 is 0 Å². The van der Waals surface area contributed by atoms with Gasteiger partial charge in [0, 0.05) is 43.9 Å². The Bertz CT molecular complexity index is 1030. The van der Waals surface area contributed by atoms with E-state index in [1.54, 1.807) is 48.4 Å². The zero-order valence-electron chi connectivity index (χ0n) is 21.3. The molecular formula is C27H36N4O5. The molecule has 0 bridgehead atoms. The summed E-state index contributed by atoms with van der Waals surface area (Å²) >= 11 is 0. The molecule has 1 aliphatic rings. The number of rotatable bonds is 9. The van der Waals surface area contributed by atoms with Crippen molar-refractivity contribution in [3.63, 3.8) is 0 Å². The highest BCUT2D eigenvalue weighted by Gasteiger charge is 2.21. The first kappa shape index (κ1) is 27.0. The van der Waals surface area contributed by atoms with Gasteiger partial charge in [0.05, 0.1) is 19.4 Å². The highest BCUT2D eigenvalue weighted by molar-refractivity contribution is 6.05. The Labute approximate surface area is 212 Å². The van der Waals surface area contributed by atoms with Crippen LogP contribution in [0.5, 0.6) is 5.75 Å². The maximum Gasteiger partial charge on any atom is 0.409 e. The molecule has 0 radical (unpaired) electrons. The Morgan fingerprint density at radius 3 is 2.42 bits per heavy atom. The van der Waals surface area contributed by atoms with Crippen LogP contribution in [0.3, 0.4) is 0 Å². The molecule has 1 saturated heterocycles. The van der Waals surface area contributed by atoms with E-state index in [4.69, 9.17) is 9.47 Å². The lowest BCUT2D eigenvalue weighted by molar-refractivity contribution is -0.116. The van der Waals surface area contributed by atoms with Crippen molar-refractivity contribution in [2.75, 3.05) is 57.1 Å². The second-order valence-corrected chi connectivity index (χ2v) is 9.18. The second-order valence-electron chi connectivity index (χ2n) is 9.18. The number of carbonyl (C=O) groups excluding carboxylic acids is 3. The van der Waals surface area contributed by atoms with Crippen molar-refractivity contribution in [1.82, 2.24) is 9.80 Å². The molecule has 2 N–H and O–H groups in total. The van der Waals surface area contributed by atoms with Crippen LogP contribution in [-0.4, -0.2) is 74.1 Å². The monoisotopic (exact) mass is 496 g/mol. The lowest BCUT2D eigenvalue weighted by Gasteiger charge is -2.22. The van der Waals surface area contributed by atoms with Gasteiger partial charge in [-0.05, 0) is 55.3 Å². The van der Waals surface area contributed by atoms with Gasteiger partial charge in [-0.25, -0.2) is 4.79 Å². The third-order valence-corrected chi connectivity index (χ3v) is 5.83. The van der Waals surface area contributed by atoms with Crippen molar-refractivity contribution in [2.24, 2.45) is 5.92 Å². The third-order valence-electron chi connectivity index (χ3n) is 5.83. The normalized spacial score (nSPS) is 14.2. The zero-order valence-corrected chi connectivity index (χ0v) is 21.3. The van der Waals surface area contributed by atoms with Crippen molar-refractivity contribution < 1.29 is 23.9 Å². The topological polar surface area (TPSA) is 100 Å². The average Bonchev–Trinajstić information content (AvgIpc) is 3.12. The summed E-state index contributed by atoms with van der Waals surface area (Å²) < 4.78 is 10.6. The summed E-state index contributed by atoms with van der Waals surface area (Å²) in [5.41, 5.74) is 1.69. The smallest absolute Gasteiger partial charge is 0.409 e. The molecule has 0 spiro atoms. The molecule has 194 valence electrons. The standard InChI is InChI=1S/C27H36N4O5/c1-20(2)19-36-27(34)31-15-6-14-30(17-18-31)16-13-25(32)28-22-11-9-21(10-12-22)26(33)29-23-7-4-5-8-24(23)35-3/h4-5,7-12,20H,6,13-19H2,1-3H3,(H,28,32)(H,29,33). The number of amides is 3. The van der Waals surface area contributed by atoms with Crippen LogP contribution in [-0.2, 0) is 9.53 Å². The molecule has 2 aromatic carbocycles. The fourth-order valence-corrected chi connectivity index (χ4v) is 3.84. The molecule has 0 aromatic heterocycles. The highest BCUT2D eigenvalue weighted by atomic mass is 16.6. The number of carbonyl (C=O) groups is 3. The molecular weight excluding hydrogens is 460 g/mol. The Balaban J connectivity index is 1.42. The van der Waals surface area contributed by atoms with E-state index in [9.17, 15) is 14.4 Å². The minimum Gasteiger partial charge on any atom is -0.495 e. The van der Waals surface area contributed by atoms with Crippen LogP contribution in [0.1, 0.15) is 37.0 Å². The van der Waals surface area contributed by atoms with Crippen LogP contribution < -0.4 is 15.4 Å². The van der Waals surface area contributed by atoms with Crippen LogP contribution in [0.4, 0.5) is 16.2 Å². The van der Waals surface area contributed by atoms with E-state index in [1.165, 1.54) is 0 Å². The Hall–Kier alpha value is -3.59. The molecule has 2 aromatic rings.